The molecule has 1 aromatic carbocycles. The standard InChI is InChI=1S/C19H18BrN5OS/c1-19(15-9-13(20)10-27-15)16(17(26)24(2)18(21)23-19)12-3-5-14(6-4-12)25-8-7-22-11-25/h3-11,16H,1-2H3,(H2,21,23)/t16?,19-/m1/s1. The number of aromatic nitrogens is 2. The van der Waals surface area contributed by atoms with Gasteiger partial charge in [0.25, 0.3) is 0 Å². The van der Waals surface area contributed by atoms with Crippen LogP contribution >= 0.6 is 27.3 Å². The van der Waals surface area contributed by atoms with Crippen molar-refractivity contribution in [3.05, 3.63) is 69.3 Å². The van der Waals surface area contributed by atoms with Crippen molar-refractivity contribution in [3.63, 3.8) is 0 Å². The van der Waals surface area contributed by atoms with E-state index in [1.807, 2.05) is 53.4 Å². The third kappa shape index (κ3) is 2.98. The molecule has 0 bridgehead atoms. The van der Waals surface area contributed by atoms with Gasteiger partial charge in [0.05, 0.1) is 17.8 Å². The summed E-state index contributed by atoms with van der Waals surface area (Å²) in [5.41, 5.74) is 1.19. The second-order valence-electron chi connectivity index (χ2n) is 6.70. The number of benzene rings is 1. The van der Waals surface area contributed by atoms with Crippen molar-refractivity contribution in [1.82, 2.24) is 19.8 Å². The zero-order chi connectivity index (χ0) is 19.2. The van der Waals surface area contributed by atoms with Gasteiger partial charge in [-0.25, -0.2) is 4.98 Å². The van der Waals surface area contributed by atoms with Crippen molar-refractivity contribution in [2.45, 2.75) is 18.4 Å². The van der Waals surface area contributed by atoms with Crippen LogP contribution < -0.4 is 5.32 Å². The molecule has 1 aliphatic heterocycles. The van der Waals surface area contributed by atoms with Crippen molar-refractivity contribution in [2.24, 2.45) is 0 Å². The van der Waals surface area contributed by atoms with Crippen molar-refractivity contribution in [2.75, 3.05) is 7.05 Å². The Morgan fingerprint density at radius 2 is 2.07 bits per heavy atom. The molecule has 1 aliphatic rings. The number of hydrogen-bond acceptors (Lipinski definition) is 4. The molecule has 2 atom stereocenters. The minimum Gasteiger partial charge on any atom is -0.345 e. The molecule has 1 saturated heterocycles. The number of nitrogens with one attached hydrogen (secondary N) is 2. The lowest BCUT2D eigenvalue weighted by Crippen LogP contribution is -2.62. The van der Waals surface area contributed by atoms with Gasteiger partial charge in [-0.2, -0.15) is 0 Å². The Morgan fingerprint density at radius 3 is 2.67 bits per heavy atom. The Morgan fingerprint density at radius 1 is 1.33 bits per heavy atom. The Labute approximate surface area is 169 Å². The highest BCUT2D eigenvalue weighted by Crippen LogP contribution is 2.43. The third-order valence-corrected chi connectivity index (χ3v) is 6.91. The largest absolute Gasteiger partial charge is 0.345 e. The van der Waals surface area contributed by atoms with Gasteiger partial charge in [0.2, 0.25) is 5.91 Å². The maximum absolute atomic E-state index is 13.2. The van der Waals surface area contributed by atoms with Crippen LogP contribution in [-0.4, -0.2) is 33.4 Å². The summed E-state index contributed by atoms with van der Waals surface area (Å²) in [5.74, 6) is -0.432. The van der Waals surface area contributed by atoms with Crippen LogP contribution in [0.5, 0.6) is 0 Å². The molecule has 4 rings (SSSR count). The fraction of sp³-hybridized carbons (Fsp3) is 0.211. The molecule has 27 heavy (non-hydrogen) atoms. The fourth-order valence-corrected chi connectivity index (χ4v) is 5.05. The number of amides is 1. The average Bonchev–Trinajstić information content (AvgIpc) is 3.32. The number of likely N-dealkylation sites (N-methyl/N-ethyl adjacent to an activating group) is 1. The third-order valence-electron chi connectivity index (χ3n) is 4.98. The summed E-state index contributed by atoms with van der Waals surface area (Å²) < 4.78 is 2.89. The molecule has 1 unspecified atom stereocenters. The number of carbonyl (C=O) groups is 1. The first-order valence-corrected chi connectivity index (χ1v) is 10.0. The predicted molar refractivity (Wildman–Crippen MR) is 109 cm³/mol. The van der Waals surface area contributed by atoms with Gasteiger partial charge >= 0.3 is 0 Å². The van der Waals surface area contributed by atoms with E-state index in [0.29, 0.717) is 0 Å². The lowest BCUT2D eigenvalue weighted by Gasteiger charge is -2.45. The summed E-state index contributed by atoms with van der Waals surface area (Å²) in [7, 11) is 1.63. The van der Waals surface area contributed by atoms with Crippen molar-refractivity contribution < 1.29 is 4.79 Å². The van der Waals surface area contributed by atoms with E-state index in [1.54, 1.807) is 30.9 Å². The Kier molecular flexibility index (Phi) is 4.39. The van der Waals surface area contributed by atoms with Gasteiger partial charge in [0.1, 0.15) is 0 Å². The van der Waals surface area contributed by atoms with Crippen molar-refractivity contribution in [3.8, 4) is 5.69 Å². The Bertz CT molecular complexity index is 998. The molecular formula is C19H18BrN5OS. The van der Waals surface area contributed by atoms with Crippen LogP contribution in [0.1, 0.15) is 23.3 Å². The number of rotatable bonds is 3. The smallest absolute Gasteiger partial charge is 0.239 e. The number of hydrogen-bond donors (Lipinski definition) is 2. The zero-order valence-corrected chi connectivity index (χ0v) is 17.2. The number of halogens is 1. The van der Waals surface area contributed by atoms with Gasteiger partial charge in [0, 0.05) is 39.9 Å². The van der Waals surface area contributed by atoms with Crippen LogP contribution in [0, 0.1) is 5.41 Å². The van der Waals surface area contributed by atoms with E-state index >= 15 is 0 Å². The fourth-order valence-electron chi connectivity index (χ4n) is 3.47. The van der Waals surface area contributed by atoms with Gasteiger partial charge in [-0.3, -0.25) is 15.1 Å². The molecule has 3 aromatic rings. The van der Waals surface area contributed by atoms with E-state index in [9.17, 15) is 4.79 Å². The monoisotopic (exact) mass is 443 g/mol. The average molecular weight is 444 g/mol. The molecule has 0 spiro atoms. The van der Waals surface area contributed by atoms with E-state index in [0.717, 1.165) is 20.6 Å². The maximum Gasteiger partial charge on any atom is 0.239 e. The summed E-state index contributed by atoms with van der Waals surface area (Å²) in [4.78, 5) is 19.6. The van der Waals surface area contributed by atoms with E-state index in [1.165, 1.54) is 4.90 Å². The van der Waals surface area contributed by atoms with E-state index < -0.39 is 11.5 Å². The summed E-state index contributed by atoms with van der Waals surface area (Å²) in [6, 6.07) is 9.92. The summed E-state index contributed by atoms with van der Waals surface area (Å²) in [6.45, 7) is 1.99. The molecule has 6 nitrogen and oxygen atoms in total. The number of imidazole rings is 1. The minimum atomic E-state index is -0.701. The van der Waals surface area contributed by atoms with Crippen molar-refractivity contribution in [1.29, 1.82) is 5.41 Å². The quantitative estimate of drug-likeness (QED) is 0.647. The second kappa shape index (κ2) is 6.61. The normalized spacial score (nSPS) is 22.8. The molecule has 0 aliphatic carbocycles. The van der Waals surface area contributed by atoms with Crippen LogP contribution in [0.15, 0.2) is 58.9 Å². The SMILES string of the molecule is CN1C(=N)N[C@](C)(c2cc(Br)cs2)C(c2ccc(-n3ccnc3)cc2)C1=O. The number of carbonyl (C=O) groups excluding carboxylic acids is 1. The zero-order valence-electron chi connectivity index (χ0n) is 14.8. The molecule has 0 radical (unpaired) electrons. The lowest BCUT2D eigenvalue weighted by molar-refractivity contribution is -0.131. The van der Waals surface area contributed by atoms with E-state index in [-0.39, 0.29) is 11.9 Å². The summed E-state index contributed by atoms with van der Waals surface area (Å²) >= 11 is 5.07. The van der Waals surface area contributed by atoms with Gasteiger partial charge in [-0.15, -0.1) is 11.3 Å². The van der Waals surface area contributed by atoms with Crippen LogP contribution in [0.4, 0.5) is 0 Å². The van der Waals surface area contributed by atoms with Gasteiger partial charge in [-0.1, -0.05) is 12.1 Å². The van der Waals surface area contributed by atoms with Gasteiger partial charge < -0.3 is 9.88 Å². The van der Waals surface area contributed by atoms with Gasteiger partial charge in [-0.05, 0) is 46.6 Å². The van der Waals surface area contributed by atoms with Crippen molar-refractivity contribution >= 4 is 39.1 Å². The Balaban J connectivity index is 1.79. The van der Waals surface area contributed by atoms with Crippen LogP contribution in [-0.2, 0) is 10.3 Å². The van der Waals surface area contributed by atoms with E-state index in [4.69, 9.17) is 5.41 Å². The van der Waals surface area contributed by atoms with Crippen LogP contribution in [0.2, 0.25) is 0 Å². The number of nitrogens with zero attached hydrogens (tertiary/aromatic N) is 3. The topological polar surface area (TPSA) is 74.0 Å². The first kappa shape index (κ1) is 17.9. The Hall–Kier alpha value is -2.45. The molecule has 1 fully saturated rings. The molecule has 2 N–H and O–H groups in total. The second-order valence-corrected chi connectivity index (χ2v) is 8.52. The molecule has 8 heteroatoms. The first-order chi connectivity index (χ1) is 12.9. The maximum atomic E-state index is 13.2. The first-order valence-electron chi connectivity index (χ1n) is 8.37. The molecule has 2 aromatic heterocycles. The predicted octanol–water partition coefficient (Wildman–Crippen LogP) is 3.69. The molecular weight excluding hydrogens is 426 g/mol. The highest BCUT2D eigenvalue weighted by atomic mass is 79.9. The van der Waals surface area contributed by atoms with Gasteiger partial charge in [0.15, 0.2) is 5.96 Å². The summed E-state index contributed by atoms with van der Waals surface area (Å²) in [6.07, 6.45) is 5.35. The van der Waals surface area contributed by atoms with E-state index in [2.05, 4.69) is 26.2 Å². The molecule has 3 heterocycles. The molecule has 0 saturated carbocycles. The highest BCUT2D eigenvalue weighted by Gasteiger charge is 2.49. The molecule has 138 valence electrons. The van der Waals surface area contributed by atoms with Crippen LogP contribution in [0.3, 0.4) is 0 Å². The minimum absolute atomic E-state index is 0.0962. The molecule has 1 amide bonds. The highest BCUT2D eigenvalue weighted by molar-refractivity contribution is 9.10. The van der Waals surface area contributed by atoms with Crippen LogP contribution in [0.25, 0.3) is 5.69 Å². The lowest BCUT2D eigenvalue weighted by atomic mass is 9.77. The number of guanidine groups is 1. The number of thiophene rings is 1. The summed E-state index contributed by atoms with van der Waals surface area (Å²) in [5, 5.41) is 13.4.